The number of ether oxygens (including phenoxy) is 1. The minimum Gasteiger partial charge on any atom is -0.468 e. The van der Waals surface area contributed by atoms with Crippen molar-refractivity contribution in [1.82, 2.24) is 0 Å². The first kappa shape index (κ1) is 13.6. The Bertz CT molecular complexity index is 513. The maximum absolute atomic E-state index is 13.4. The van der Waals surface area contributed by atoms with Crippen molar-refractivity contribution in [2.45, 2.75) is 25.7 Å². The highest BCUT2D eigenvalue weighted by Gasteiger charge is 2.55. The molecule has 0 fully saturated rings. The standard InChI is InChI=1S/C14H14F2O3/c1-19-13(18)14(12(15)16)8-4-6-9-5-2-3-7-10(9)11(14)17/h2-3,5,7,12H,4,6,8H2,1H3. The van der Waals surface area contributed by atoms with E-state index in [2.05, 4.69) is 4.74 Å². The Kier molecular flexibility index (Phi) is 3.64. The van der Waals surface area contributed by atoms with Gasteiger partial charge in [0.1, 0.15) is 0 Å². The number of rotatable bonds is 2. The van der Waals surface area contributed by atoms with Crippen molar-refractivity contribution >= 4 is 11.8 Å². The number of ketones is 1. The molecule has 102 valence electrons. The molecule has 0 spiro atoms. The maximum atomic E-state index is 13.4. The Balaban J connectivity index is 2.58. The lowest BCUT2D eigenvalue weighted by atomic mass is 9.78. The van der Waals surface area contributed by atoms with Gasteiger partial charge in [0.25, 0.3) is 6.43 Å². The van der Waals surface area contributed by atoms with E-state index in [1.165, 1.54) is 6.07 Å². The lowest BCUT2D eigenvalue weighted by Crippen LogP contribution is -2.46. The van der Waals surface area contributed by atoms with E-state index in [1.54, 1.807) is 18.2 Å². The summed E-state index contributed by atoms with van der Waals surface area (Å²) in [5.74, 6) is -1.98. The van der Waals surface area contributed by atoms with Gasteiger partial charge in [-0.25, -0.2) is 8.78 Å². The van der Waals surface area contributed by atoms with Gasteiger partial charge in [-0.3, -0.25) is 9.59 Å². The normalized spacial score (nSPS) is 22.8. The summed E-state index contributed by atoms with van der Waals surface area (Å²) in [6.07, 6.45) is -2.40. The molecule has 1 aromatic carbocycles. The second-order valence-electron chi connectivity index (χ2n) is 4.60. The number of alkyl halides is 2. The van der Waals surface area contributed by atoms with Gasteiger partial charge in [0.2, 0.25) is 0 Å². The fourth-order valence-electron chi connectivity index (χ4n) is 2.55. The molecular weight excluding hydrogens is 254 g/mol. The number of carbonyl (C=O) groups excluding carboxylic acids is 2. The molecule has 0 saturated carbocycles. The topological polar surface area (TPSA) is 43.4 Å². The van der Waals surface area contributed by atoms with Gasteiger partial charge in [0, 0.05) is 5.56 Å². The number of Topliss-reactive ketones (excluding diaryl/α,β-unsaturated/α-hetero) is 1. The SMILES string of the molecule is COC(=O)C1(C(F)F)CCCc2ccccc2C1=O. The van der Waals surface area contributed by atoms with Gasteiger partial charge in [0.15, 0.2) is 11.2 Å². The van der Waals surface area contributed by atoms with E-state index >= 15 is 0 Å². The van der Waals surface area contributed by atoms with Crippen molar-refractivity contribution in [3.8, 4) is 0 Å². The van der Waals surface area contributed by atoms with Gasteiger partial charge in [-0.05, 0) is 24.8 Å². The van der Waals surface area contributed by atoms with Gasteiger partial charge < -0.3 is 4.74 Å². The highest BCUT2D eigenvalue weighted by molar-refractivity contribution is 6.13. The molecule has 0 N–H and O–H groups in total. The predicted octanol–water partition coefficient (Wildman–Crippen LogP) is 2.63. The summed E-state index contributed by atoms with van der Waals surface area (Å²) >= 11 is 0. The van der Waals surface area contributed by atoms with E-state index in [0.717, 1.165) is 7.11 Å². The third-order valence-corrected chi connectivity index (χ3v) is 3.61. The van der Waals surface area contributed by atoms with Crippen LogP contribution in [-0.4, -0.2) is 25.3 Å². The number of halogens is 2. The molecule has 0 radical (unpaired) electrons. The molecule has 0 bridgehead atoms. The maximum Gasteiger partial charge on any atom is 0.325 e. The molecule has 1 aromatic rings. The van der Waals surface area contributed by atoms with Crippen LogP contribution in [0.5, 0.6) is 0 Å². The average Bonchev–Trinajstić information content (AvgIpc) is 2.56. The molecule has 1 unspecified atom stereocenters. The van der Waals surface area contributed by atoms with Crippen LogP contribution >= 0.6 is 0 Å². The van der Waals surface area contributed by atoms with E-state index in [1.807, 2.05) is 0 Å². The molecule has 0 aliphatic heterocycles. The zero-order chi connectivity index (χ0) is 14.0. The van der Waals surface area contributed by atoms with Gasteiger partial charge >= 0.3 is 5.97 Å². The molecule has 1 atom stereocenters. The summed E-state index contributed by atoms with van der Waals surface area (Å²) in [4.78, 5) is 24.2. The third-order valence-electron chi connectivity index (χ3n) is 3.61. The van der Waals surface area contributed by atoms with Crippen molar-refractivity contribution < 1.29 is 23.1 Å². The average molecular weight is 268 g/mol. The lowest BCUT2D eigenvalue weighted by molar-refractivity contribution is -0.158. The monoisotopic (exact) mass is 268 g/mol. The number of hydrogen-bond donors (Lipinski definition) is 0. The smallest absolute Gasteiger partial charge is 0.325 e. The summed E-state index contributed by atoms with van der Waals surface area (Å²) < 4.78 is 31.3. The summed E-state index contributed by atoms with van der Waals surface area (Å²) in [6.45, 7) is 0. The second kappa shape index (κ2) is 5.07. The number of aryl methyl sites for hydroxylation is 1. The van der Waals surface area contributed by atoms with E-state index in [-0.39, 0.29) is 12.0 Å². The summed E-state index contributed by atoms with van der Waals surface area (Å²) in [7, 11) is 1.02. The van der Waals surface area contributed by atoms with Gasteiger partial charge in [-0.1, -0.05) is 24.3 Å². The lowest BCUT2D eigenvalue weighted by Gasteiger charge is -2.27. The molecule has 0 heterocycles. The second-order valence-corrected chi connectivity index (χ2v) is 4.60. The van der Waals surface area contributed by atoms with Gasteiger partial charge in [-0.2, -0.15) is 0 Å². The van der Waals surface area contributed by atoms with Gasteiger partial charge in [0.05, 0.1) is 7.11 Å². The van der Waals surface area contributed by atoms with Crippen LogP contribution in [0.4, 0.5) is 8.78 Å². The minimum atomic E-state index is -3.07. The number of hydrogen-bond acceptors (Lipinski definition) is 3. The van der Waals surface area contributed by atoms with Crippen LogP contribution in [0.15, 0.2) is 24.3 Å². The largest absolute Gasteiger partial charge is 0.468 e. The molecular formula is C14H14F2O3. The zero-order valence-electron chi connectivity index (χ0n) is 10.5. The van der Waals surface area contributed by atoms with E-state index in [4.69, 9.17) is 0 Å². The molecule has 1 aliphatic rings. The first-order valence-electron chi connectivity index (χ1n) is 6.03. The van der Waals surface area contributed by atoms with E-state index < -0.39 is 23.6 Å². The fourth-order valence-corrected chi connectivity index (χ4v) is 2.55. The van der Waals surface area contributed by atoms with Crippen molar-refractivity contribution in [3.05, 3.63) is 35.4 Å². The highest BCUT2D eigenvalue weighted by Crippen LogP contribution is 2.40. The van der Waals surface area contributed by atoms with Crippen LogP contribution in [-0.2, 0) is 16.0 Å². The number of fused-ring (bicyclic) bond motifs is 1. The Morgan fingerprint density at radius 1 is 1.37 bits per heavy atom. The predicted molar refractivity (Wildman–Crippen MR) is 64.2 cm³/mol. The Morgan fingerprint density at radius 3 is 2.68 bits per heavy atom. The van der Waals surface area contributed by atoms with Crippen LogP contribution in [0.2, 0.25) is 0 Å². The molecule has 0 saturated heterocycles. The summed E-state index contributed by atoms with van der Waals surface area (Å²) in [5, 5.41) is 0. The molecule has 5 heteroatoms. The van der Waals surface area contributed by atoms with Crippen LogP contribution < -0.4 is 0 Å². The zero-order valence-corrected chi connectivity index (χ0v) is 10.5. The van der Waals surface area contributed by atoms with Crippen molar-refractivity contribution in [3.63, 3.8) is 0 Å². The number of methoxy groups -OCH3 is 1. The first-order valence-corrected chi connectivity index (χ1v) is 6.03. The van der Waals surface area contributed by atoms with Gasteiger partial charge in [-0.15, -0.1) is 0 Å². The quantitative estimate of drug-likeness (QED) is 0.470. The fraction of sp³-hybridized carbons (Fsp3) is 0.429. The van der Waals surface area contributed by atoms with E-state index in [9.17, 15) is 18.4 Å². The molecule has 2 rings (SSSR count). The molecule has 19 heavy (non-hydrogen) atoms. The molecule has 3 nitrogen and oxygen atoms in total. The number of carbonyl (C=O) groups is 2. The highest BCUT2D eigenvalue weighted by atomic mass is 19.3. The molecule has 0 aromatic heterocycles. The van der Waals surface area contributed by atoms with Crippen LogP contribution in [0.3, 0.4) is 0 Å². The van der Waals surface area contributed by atoms with Crippen LogP contribution in [0.1, 0.15) is 28.8 Å². The van der Waals surface area contributed by atoms with Crippen LogP contribution in [0, 0.1) is 5.41 Å². The van der Waals surface area contributed by atoms with Crippen molar-refractivity contribution in [2.75, 3.05) is 7.11 Å². The number of esters is 1. The summed E-state index contributed by atoms with van der Waals surface area (Å²) in [5.41, 5.74) is -1.45. The number of benzene rings is 1. The van der Waals surface area contributed by atoms with Crippen molar-refractivity contribution in [1.29, 1.82) is 0 Å². The molecule has 1 aliphatic carbocycles. The third kappa shape index (κ3) is 2.03. The molecule has 0 amide bonds. The minimum absolute atomic E-state index is 0.190. The Labute approximate surface area is 109 Å². The first-order chi connectivity index (χ1) is 9.04. The van der Waals surface area contributed by atoms with Crippen LogP contribution in [0.25, 0.3) is 0 Å². The van der Waals surface area contributed by atoms with Crippen molar-refractivity contribution in [2.24, 2.45) is 5.41 Å². The summed E-state index contributed by atoms with van der Waals surface area (Å²) in [6, 6.07) is 6.57. The van der Waals surface area contributed by atoms with E-state index in [0.29, 0.717) is 18.4 Å². The Morgan fingerprint density at radius 2 is 2.05 bits per heavy atom. The Hall–Kier alpha value is -1.78.